The fourth-order valence-electron chi connectivity index (χ4n) is 0. The summed E-state index contributed by atoms with van der Waals surface area (Å²) in [7, 11) is -3.50. The standard InChI is InChI=1S/C4H9.Al.2H3O2P/c1-3-4-2;;2*1-3-2/h3H,4H2,1-2H3;;2*3H2,(H,1,2)/q;+2;;/p-2. The van der Waals surface area contributed by atoms with Gasteiger partial charge < -0.3 is 18.9 Å². The Labute approximate surface area is 78.0 Å². The van der Waals surface area contributed by atoms with Crippen LogP contribution in [0.3, 0.4) is 0 Å². The van der Waals surface area contributed by atoms with Crippen LogP contribution in [-0.2, 0) is 9.13 Å². The first-order valence-corrected chi connectivity index (χ1v) is 5.52. The molecule has 3 unspecified atom stereocenters. The Morgan fingerprint density at radius 1 is 1.36 bits per heavy atom. The molecule has 0 saturated heterocycles. The van der Waals surface area contributed by atoms with E-state index in [2.05, 4.69) is 30.1 Å². The molecular formula is C4H13AlO4P2. The van der Waals surface area contributed by atoms with Crippen molar-refractivity contribution in [3.8, 4) is 0 Å². The molecule has 66 valence electrons. The molecule has 0 saturated carbocycles. The second-order valence-electron chi connectivity index (χ2n) is 1.58. The van der Waals surface area contributed by atoms with Gasteiger partial charge in [0.05, 0.1) is 0 Å². The van der Waals surface area contributed by atoms with Gasteiger partial charge in [0.1, 0.15) is 0 Å². The van der Waals surface area contributed by atoms with Gasteiger partial charge in [0.25, 0.3) is 0 Å². The molecule has 7 heteroatoms. The van der Waals surface area contributed by atoms with Crippen molar-refractivity contribution in [3.05, 3.63) is 0 Å². The summed E-state index contributed by atoms with van der Waals surface area (Å²) in [6, 6.07) is 0. The van der Waals surface area contributed by atoms with E-state index >= 15 is 0 Å². The van der Waals surface area contributed by atoms with Crippen molar-refractivity contribution in [2.24, 2.45) is 0 Å². The van der Waals surface area contributed by atoms with Crippen molar-refractivity contribution < 1.29 is 18.9 Å². The minimum atomic E-state index is -1.75. The Balaban J connectivity index is -0.0000000933. The van der Waals surface area contributed by atoms with Crippen LogP contribution >= 0.6 is 17.4 Å². The van der Waals surface area contributed by atoms with Gasteiger partial charge in [-0.1, -0.05) is 0 Å². The van der Waals surface area contributed by atoms with E-state index in [0.717, 1.165) is 4.78 Å². The van der Waals surface area contributed by atoms with Gasteiger partial charge in [-0.2, -0.15) is 0 Å². The zero-order valence-electron chi connectivity index (χ0n) is 6.65. The van der Waals surface area contributed by atoms with E-state index in [-0.39, 0.29) is 0 Å². The van der Waals surface area contributed by atoms with Crippen molar-refractivity contribution in [2.45, 2.75) is 25.0 Å². The maximum Gasteiger partial charge on any atom is -0.0110 e. The van der Waals surface area contributed by atoms with Gasteiger partial charge in [0, 0.05) is 0 Å². The second kappa shape index (κ2) is 22.4. The van der Waals surface area contributed by atoms with Gasteiger partial charge >= 0.3 is 41.3 Å². The van der Waals surface area contributed by atoms with Crippen LogP contribution < -0.4 is 9.79 Å². The van der Waals surface area contributed by atoms with E-state index in [9.17, 15) is 0 Å². The molecule has 0 aromatic carbocycles. The molecule has 0 aromatic rings. The van der Waals surface area contributed by atoms with E-state index in [1.165, 1.54) is 6.42 Å². The molecule has 3 atom stereocenters. The van der Waals surface area contributed by atoms with Crippen molar-refractivity contribution in [1.82, 2.24) is 0 Å². The third-order valence-corrected chi connectivity index (χ3v) is 1.12. The molecule has 0 heterocycles. The molecular weight excluding hydrogens is 201 g/mol. The first kappa shape index (κ1) is 17.9. The SMILES string of the molecule is CC[CH](C)[Al+2].O=[PH2][O-].O=[PH2][O-]. The summed E-state index contributed by atoms with van der Waals surface area (Å²) in [5.74, 6) is 0. The summed E-state index contributed by atoms with van der Waals surface area (Å²) in [6.45, 7) is 4.36. The largest absolute Gasteiger partial charge is 0.804 e. The van der Waals surface area contributed by atoms with Gasteiger partial charge in [-0.15, -0.1) is 0 Å². The Morgan fingerprint density at radius 2 is 1.45 bits per heavy atom. The third-order valence-electron chi connectivity index (χ3n) is 0.644. The first-order valence-electron chi connectivity index (χ1n) is 2.97. The smallest absolute Gasteiger partial charge is 0.0110 e. The molecule has 0 aliphatic rings. The maximum absolute atomic E-state index is 8.46. The van der Waals surface area contributed by atoms with Crippen molar-refractivity contribution in [3.63, 3.8) is 0 Å². The maximum atomic E-state index is 8.46. The molecule has 0 amide bonds. The van der Waals surface area contributed by atoms with Gasteiger partial charge in [-0.3, -0.25) is 0 Å². The minimum Gasteiger partial charge on any atom is -0.804 e. The van der Waals surface area contributed by atoms with Crippen molar-refractivity contribution in [1.29, 1.82) is 0 Å². The van der Waals surface area contributed by atoms with Crippen LogP contribution in [0.15, 0.2) is 0 Å². The molecule has 0 aliphatic heterocycles. The molecule has 0 spiro atoms. The number of hydrogen-bond donors (Lipinski definition) is 0. The average molecular weight is 214 g/mol. The molecule has 11 heavy (non-hydrogen) atoms. The molecule has 0 aromatic heterocycles. The summed E-state index contributed by atoms with van der Waals surface area (Å²) in [5, 5.41) is 0. The molecule has 0 bridgehead atoms. The van der Waals surface area contributed by atoms with Crippen LogP contribution in [0.1, 0.15) is 20.3 Å². The summed E-state index contributed by atoms with van der Waals surface area (Å²) >= 11 is 2.73. The van der Waals surface area contributed by atoms with Crippen LogP contribution in [0.5, 0.6) is 0 Å². The predicted octanol–water partition coefficient (Wildman–Crippen LogP) is -0.591. The molecule has 0 aliphatic carbocycles. The zero-order chi connectivity index (χ0) is 9.70. The van der Waals surface area contributed by atoms with E-state index < -0.39 is 17.4 Å². The average Bonchev–Trinajstić information content (AvgIpc) is 1.91. The van der Waals surface area contributed by atoms with Crippen LogP contribution in [0.25, 0.3) is 0 Å². The molecule has 0 N–H and O–H groups in total. The molecule has 0 radical (unpaired) electrons. The summed E-state index contributed by atoms with van der Waals surface area (Å²) in [5.41, 5.74) is 0. The second-order valence-corrected chi connectivity index (χ2v) is 3.10. The fraction of sp³-hybridized carbons (Fsp3) is 1.00. The Bertz CT molecular complexity index is 74.5. The zero-order valence-corrected chi connectivity index (χ0v) is 10.1. The van der Waals surface area contributed by atoms with Crippen LogP contribution in [0.4, 0.5) is 0 Å². The summed E-state index contributed by atoms with van der Waals surface area (Å²) in [4.78, 5) is 16.9. The van der Waals surface area contributed by atoms with Crippen molar-refractivity contribution in [2.75, 3.05) is 0 Å². The molecule has 0 rings (SSSR count). The quantitative estimate of drug-likeness (QED) is 0.431. The van der Waals surface area contributed by atoms with Crippen molar-refractivity contribution >= 4 is 33.7 Å². The fourth-order valence-corrected chi connectivity index (χ4v) is 0. The van der Waals surface area contributed by atoms with Gasteiger partial charge in [0.2, 0.25) is 0 Å². The number of rotatable bonds is 1. The van der Waals surface area contributed by atoms with Crippen LogP contribution in [0, 0.1) is 0 Å². The molecule has 0 fully saturated rings. The number of hydrogen-bond acceptors (Lipinski definition) is 4. The monoisotopic (exact) mass is 214 g/mol. The van der Waals surface area contributed by atoms with E-state index in [1.807, 2.05) is 0 Å². The van der Waals surface area contributed by atoms with E-state index in [1.54, 1.807) is 0 Å². The molecule has 4 nitrogen and oxygen atoms in total. The van der Waals surface area contributed by atoms with Gasteiger partial charge in [0.15, 0.2) is 0 Å². The first-order chi connectivity index (χ1) is 5.10. The van der Waals surface area contributed by atoms with Crippen LogP contribution in [-0.4, -0.2) is 16.3 Å². The van der Waals surface area contributed by atoms with Gasteiger partial charge in [-0.25, -0.2) is 0 Å². The van der Waals surface area contributed by atoms with E-state index in [4.69, 9.17) is 18.9 Å². The minimum absolute atomic E-state index is 0.801. The Kier molecular flexibility index (Phi) is 36.4. The third kappa shape index (κ3) is 102. The van der Waals surface area contributed by atoms with Crippen LogP contribution in [0.2, 0.25) is 4.78 Å². The Hall–Kier alpha value is 0.912. The normalized spacial score (nSPS) is 12.2. The summed E-state index contributed by atoms with van der Waals surface area (Å²) < 4.78 is 17.7. The predicted molar refractivity (Wildman–Crippen MR) is 46.3 cm³/mol. The topological polar surface area (TPSA) is 80.3 Å². The Morgan fingerprint density at radius 3 is 1.45 bits per heavy atom. The van der Waals surface area contributed by atoms with Gasteiger partial charge in [-0.05, 0) is 17.4 Å². The summed E-state index contributed by atoms with van der Waals surface area (Å²) in [6.07, 6.45) is 1.27. The van der Waals surface area contributed by atoms with E-state index in [0.29, 0.717) is 0 Å².